The van der Waals surface area contributed by atoms with Gasteiger partial charge in [-0.3, -0.25) is 4.40 Å². The van der Waals surface area contributed by atoms with Crippen LogP contribution < -0.4 is 4.90 Å². The number of hydrogen-bond acceptors (Lipinski definition) is 6. The second-order valence-corrected chi connectivity index (χ2v) is 10.9. The summed E-state index contributed by atoms with van der Waals surface area (Å²) in [6, 6.07) is 3.92. The summed E-state index contributed by atoms with van der Waals surface area (Å²) in [5.74, 6) is -2.12. The average Bonchev–Trinajstić information content (AvgIpc) is 3.16. The van der Waals surface area contributed by atoms with Gasteiger partial charge in [-0.15, -0.1) is 10.2 Å². The van der Waals surface area contributed by atoms with Gasteiger partial charge >= 0.3 is 0 Å². The number of aryl methyl sites for hydroxylation is 1. The molecule has 0 aliphatic carbocycles. The fourth-order valence-electron chi connectivity index (χ4n) is 3.63. The lowest BCUT2D eigenvalue weighted by Crippen LogP contribution is -2.40. The Morgan fingerprint density at radius 3 is 2.55 bits per heavy atom. The largest absolute Gasteiger partial charge is 0.591 e. The van der Waals surface area contributed by atoms with E-state index in [1.54, 1.807) is 10.7 Å². The molecule has 0 N–H and O–H groups in total. The van der Waals surface area contributed by atoms with Crippen LogP contribution in [0.2, 0.25) is 0 Å². The van der Waals surface area contributed by atoms with Crippen molar-refractivity contribution in [3.63, 3.8) is 0 Å². The highest BCUT2D eigenvalue weighted by atomic mass is 32.2. The minimum atomic E-state index is -2.65. The lowest BCUT2D eigenvalue weighted by Gasteiger charge is -2.32. The monoisotopic (exact) mass is 448 g/mol. The van der Waals surface area contributed by atoms with Crippen molar-refractivity contribution in [2.75, 3.05) is 18.0 Å². The summed E-state index contributed by atoms with van der Waals surface area (Å²) in [7, 11) is 0. The second kappa shape index (κ2) is 7.67. The van der Waals surface area contributed by atoms with E-state index in [0.29, 0.717) is 22.8 Å². The van der Waals surface area contributed by atoms with E-state index in [9.17, 15) is 13.3 Å². The van der Waals surface area contributed by atoms with Crippen LogP contribution in [0, 0.1) is 6.92 Å². The summed E-state index contributed by atoms with van der Waals surface area (Å²) in [5.41, 5.74) is 3.59. The van der Waals surface area contributed by atoms with Gasteiger partial charge in [-0.05, 0) is 52.3 Å². The Morgan fingerprint density at radius 1 is 1.23 bits per heavy atom. The summed E-state index contributed by atoms with van der Waals surface area (Å²) in [5, 5.41) is 9.10. The first-order valence-electron chi connectivity index (χ1n) is 10.2. The standard InChI is InChI=1S/C21H26F2N6OS/c1-13-10-15(14(2)27-31(30)20(3,4)5)17-16(11-13)18-26-24-12-29(18)19(25-17)28-8-6-21(22,23)7-9-28/h10-12H,6-9H2,1-5H3. The Labute approximate surface area is 182 Å². The van der Waals surface area contributed by atoms with Gasteiger partial charge in [0.15, 0.2) is 5.65 Å². The minimum absolute atomic E-state index is 0.196. The predicted molar refractivity (Wildman–Crippen MR) is 120 cm³/mol. The van der Waals surface area contributed by atoms with Crippen LogP contribution in [0.25, 0.3) is 16.6 Å². The highest BCUT2D eigenvalue weighted by Gasteiger charge is 2.35. The quantitative estimate of drug-likeness (QED) is 0.445. The van der Waals surface area contributed by atoms with Crippen molar-refractivity contribution in [3.8, 4) is 0 Å². The van der Waals surface area contributed by atoms with E-state index in [-0.39, 0.29) is 25.9 Å². The van der Waals surface area contributed by atoms with Gasteiger partial charge in [0.25, 0.3) is 5.92 Å². The Kier molecular flexibility index (Phi) is 5.41. The smallest absolute Gasteiger partial charge is 0.251 e. The fourth-order valence-corrected chi connectivity index (χ4v) is 4.25. The molecule has 1 fully saturated rings. The summed E-state index contributed by atoms with van der Waals surface area (Å²) < 4.78 is 45.7. The summed E-state index contributed by atoms with van der Waals surface area (Å²) in [6.45, 7) is 9.78. The van der Waals surface area contributed by atoms with Gasteiger partial charge in [0.2, 0.25) is 5.95 Å². The number of fused-ring (bicyclic) bond motifs is 3. The van der Waals surface area contributed by atoms with Crippen LogP contribution >= 0.6 is 0 Å². The second-order valence-electron chi connectivity index (χ2n) is 9.03. The molecule has 0 amide bonds. The number of hydrogen-bond donors (Lipinski definition) is 0. The van der Waals surface area contributed by atoms with E-state index in [2.05, 4.69) is 14.6 Å². The molecule has 166 valence electrons. The van der Waals surface area contributed by atoms with Gasteiger partial charge in [0.05, 0.1) is 11.2 Å². The van der Waals surface area contributed by atoms with Crippen LogP contribution in [0.3, 0.4) is 0 Å². The molecule has 0 saturated carbocycles. The van der Waals surface area contributed by atoms with Crippen molar-refractivity contribution in [1.82, 2.24) is 19.6 Å². The van der Waals surface area contributed by atoms with Gasteiger partial charge in [-0.2, -0.15) is 0 Å². The number of nitrogens with zero attached hydrogens (tertiary/aromatic N) is 6. The van der Waals surface area contributed by atoms with Gasteiger partial charge in [0, 0.05) is 36.9 Å². The number of piperidine rings is 1. The number of aromatic nitrogens is 4. The molecule has 1 saturated heterocycles. The Balaban J connectivity index is 1.90. The SMILES string of the molecule is CC(=N[S+]([O-])C(C)(C)C)c1cc(C)cc2c1nc(N1CCC(F)(F)CC1)n1cnnc21. The zero-order valence-electron chi connectivity index (χ0n) is 18.3. The molecule has 1 atom stereocenters. The molecular formula is C21H26F2N6OS. The molecular weight excluding hydrogens is 422 g/mol. The van der Waals surface area contributed by atoms with Crippen LogP contribution in [-0.2, 0) is 11.4 Å². The lowest BCUT2D eigenvalue weighted by atomic mass is 10.0. The normalized spacial score (nSPS) is 18.7. The fraction of sp³-hybridized carbons (Fsp3) is 0.524. The van der Waals surface area contributed by atoms with Crippen molar-refractivity contribution >= 4 is 39.6 Å². The molecule has 2 aromatic heterocycles. The number of benzene rings is 1. The number of rotatable bonds is 3. The van der Waals surface area contributed by atoms with Crippen LogP contribution in [-0.4, -0.2) is 53.6 Å². The summed E-state index contributed by atoms with van der Waals surface area (Å²) in [4.78, 5) is 6.71. The molecule has 3 heterocycles. The zero-order valence-corrected chi connectivity index (χ0v) is 19.1. The molecule has 3 aromatic rings. The third-order valence-corrected chi connectivity index (χ3v) is 6.87. The molecule has 7 nitrogen and oxygen atoms in total. The summed E-state index contributed by atoms with van der Waals surface area (Å²) >= 11 is -1.42. The molecule has 0 radical (unpaired) electrons. The van der Waals surface area contributed by atoms with Crippen molar-refractivity contribution in [1.29, 1.82) is 0 Å². The van der Waals surface area contributed by atoms with Crippen molar-refractivity contribution in [2.45, 2.75) is 58.1 Å². The number of alkyl halides is 2. The van der Waals surface area contributed by atoms with E-state index in [1.165, 1.54) is 0 Å². The van der Waals surface area contributed by atoms with E-state index in [1.807, 2.05) is 51.7 Å². The van der Waals surface area contributed by atoms with Crippen LogP contribution in [0.5, 0.6) is 0 Å². The van der Waals surface area contributed by atoms with E-state index < -0.39 is 22.0 Å². The molecule has 10 heteroatoms. The van der Waals surface area contributed by atoms with Gasteiger partial charge in [0.1, 0.15) is 22.4 Å². The van der Waals surface area contributed by atoms with Gasteiger partial charge in [-0.25, -0.2) is 13.8 Å². The maximum atomic E-state index is 13.7. The molecule has 31 heavy (non-hydrogen) atoms. The van der Waals surface area contributed by atoms with Crippen molar-refractivity contribution in [3.05, 3.63) is 29.6 Å². The summed E-state index contributed by atoms with van der Waals surface area (Å²) in [6.07, 6.45) is 1.12. The molecule has 4 rings (SSSR count). The highest BCUT2D eigenvalue weighted by molar-refractivity contribution is 7.91. The first kappa shape index (κ1) is 21.9. The van der Waals surface area contributed by atoms with Crippen LogP contribution in [0.15, 0.2) is 22.9 Å². The molecule has 1 aliphatic rings. The van der Waals surface area contributed by atoms with Crippen molar-refractivity contribution < 1.29 is 13.3 Å². The maximum absolute atomic E-state index is 13.7. The first-order chi connectivity index (χ1) is 14.5. The van der Waals surface area contributed by atoms with Crippen molar-refractivity contribution in [2.24, 2.45) is 4.40 Å². The lowest BCUT2D eigenvalue weighted by molar-refractivity contribution is -0.0222. The zero-order chi connectivity index (χ0) is 22.6. The molecule has 1 aromatic carbocycles. The molecule has 1 unspecified atom stereocenters. The third kappa shape index (κ3) is 4.23. The molecule has 0 bridgehead atoms. The number of anilines is 1. The minimum Gasteiger partial charge on any atom is -0.591 e. The van der Waals surface area contributed by atoms with Crippen LogP contribution in [0.4, 0.5) is 14.7 Å². The Bertz CT molecular complexity index is 1160. The van der Waals surface area contributed by atoms with Gasteiger partial charge in [-0.1, -0.05) is 4.40 Å². The highest BCUT2D eigenvalue weighted by Crippen LogP contribution is 2.32. The third-order valence-electron chi connectivity index (χ3n) is 5.38. The topological polar surface area (TPSA) is 81.7 Å². The number of halogens is 2. The van der Waals surface area contributed by atoms with E-state index >= 15 is 0 Å². The maximum Gasteiger partial charge on any atom is 0.251 e. The predicted octanol–water partition coefficient (Wildman–Crippen LogP) is 4.09. The Hall–Kier alpha value is -2.33. The molecule has 1 aliphatic heterocycles. The van der Waals surface area contributed by atoms with E-state index in [0.717, 1.165) is 16.5 Å². The van der Waals surface area contributed by atoms with E-state index in [4.69, 9.17) is 4.98 Å². The molecule has 0 spiro atoms. The van der Waals surface area contributed by atoms with Gasteiger partial charge < -0.3 is 9.45 Å². The first-order valence-corrected chi connectivity index (χ1v) is 11.3. The van der Waals surface area contributed by atoms with Crippen LogP contribution in [0.1, 0.15) is 51.7 Å². The average molecular weight is 449 g/mol. The Morgan fingerprint density at radius 2 is 1.90 bits per heavy atom.